The Kier molecular flexibility index (Phi) is 5.54. The summed E-state index contributed by atoms with van der Waals surface area (Å²) in [6.45, 7) is 4.02. The molecule has 7 nitrogen and oxygen atoms in total. The van der Waals surface area contributed by atoms with Gasteiger partial charge in [0.05, 0.1) is 6.54 Å². The van der Waals surface area contributed by atoms with Crippen molar-refractivity contribution in [3.63, 3.8) is 0 Å². The lowest BCUT2D eigenvalue weighted by Gasteiger charge is -2.24. The van der Waals surface area contributed by atoms with Crippen LogP contribution in [0.2, 0.25) is 0 Å². The maximum Gasteiger partial charge on any atom is 0.326 e. The smallest absolute Gasteiger partial charge is 0.326 e. The molecule has 1 aromatic rings. The Morgan fingerprint density at radius 2 is 2.20 bits per heavy atom. The van der Waals surface area contributed by atoms with Crippen molar-refractivity contribution in [3.05, 3.63) is 18.2 Å². The van der Waals surface area contributed by atoms with E-state index in [2.05, 4.69) is 10.3 Å². The Bertz CT molecular complexity index is 472. The topological polar surface area (TPSA) is 87.5 Å². The highest BCUT2D eigenvalue weighted by molar-refractivity contribution is 5.82. The maximum atomic E-state index is 12.0. The number of carbonyl (C=O) groups is 2. The molecule has 2 atom stereocenters. The van der Waals surface area contributed by atoms with Crippen LogP contribution in [0.15, 0.2) is 12.4 Å². The number of carbonyl (C=O) groups excluding carboxylic acids is 1. The fourth-order valence-corrected chi connectivity index (χ4v) is 1.76. The number of carboxylic acids is 1. The number of imidazole rings is 1. The number of rotatable bonds is 6. The summed E-state index contributed by atoms with van der Waals surface area (Å²) in [6, 6.07) is -1.29. The molecular formula is C13H22N4O3. The van der Waals surface area contributed by atoms with Crippen LogP contribution >= 0.6 is 0 Å². The number of carboxylic acid groups (broad SMARTS) is 1. The molecule has 0 fully saturated rings. The molecule has 0 aromatic carbocycles. The molecule has 2 N–H and O–H groups in total. The van der Waals surface area contributed by atoms with Gasteiger partial charge in [-0.2, -0.15) is 0 Å². The predicted molar refractivity (Wildman–Crippen MR) is 74.1 cm³/mol. The lowest BCUT2D eigenvalue weighted by atomic mass is 9.99. The van der Waals surface area contributed by atoms with Crippen molar-refractivity contribution in [1.29, 1.82) is 0 Å². The van der Waals surface area contributed by atoms with Gasteiger partial charge in [0.25, 0.3) is 0 Å². The molecule has 20 heavy (non-hydrogen) atoms. The zero-order chi connectivity index (χ0) is 15.3. The predicted octanol–water partition coefficient (Wildman–Crippen LogP) is 1.06. The highest BCUT2D eigenvalue weighted by atomic mass is 16.4. The lowest BCUT2D eigenvalue weighted by molar-refractivity contribution is -0.140. The average Bonchev–Trinajstić information content (AvgIpc) is 2.79. The van der Waals surface area contributed by atoms with Crippen molar-refractivity contribution in [2.45, 2.75) is 32.9 Å². The third-order valence-electron chi connectivity index (χ3n) is 3.40. The number of urea groups is 1. The summed E-state index contributed by atoms with van der Waals surface area (Å²) in [5.41, 5.74) is 0. The minimum absolute atomic E-state index is 0.127. The van der Waals surface area contributed by atoms with Gasteiger partial charge in [0.15, 0.2) is 0 Å². The van der Waals surface area contributed by atoms with E-state index in [4.69, 9.17) is 5.11 Å². The lowest BCUT2D eigenvalue weighted by Crippen LogP contribution is -2.49. The quantitative estimate of drug-likeness (QED) is 0.816. The molecule has 0 spiro atoms. The molecular weight excluding hydrogens is 260 g/mol. The number of aromatic nitrogens is 2. The number of hydrogen-bond donors (Lipinski definition) is 2. The summed E-state index contributed by atoms with van der Waals surface area (Å²) in [5, 5.41) is 11.7. The van der Waals surface area contributed by atoms with Gasteiger partial charge in [-0.05, 0) is 5.92 Å². The first-order valence-electron chi connectivity index (χ1n) is 6.57. The second kappa shape index (κ2) is 6.93. The van der Waals surface area contributed by atoms with Gasteiger partial charge in [0.1, 0.15) is 11.9 Å². The van der Waals surface area contributed by atoms with Crippen LogP contribution in [0.5, 0.6) is 0 Å². The molecule has 1 heterocycles. The minimum atomic E-state index is -1.02. The van der Waals surface area contributed by atoms with Gasteiger partial charge in [-0.1, -0.05) is 20.3 Å². The fourth-order valence-electron chi connectivity index (χ4n) is 1.76. The molecule has 7 heteroatoms. The van der Waals surface area contributed by atoms with Gasteiger partial charge in [0, 0.05) is 26.5 Å². The normalized spacial score (nSPS) is 13.6. The monoisotopic (exact) mass is 282 g/mol. The van der Waals surface area contributed by atoms with E-state index in [9.17, 15) is 9.59 Å². The van der Waals surface area contributed by atoms with Crippen molar-refractivity contribution >= 4 is 12.0 Å². The van der Waals surface area contributed by atoms with Crippen molar-refractivity contribution in [2.75, 3.05) is 7.05 Å². The summed E-state index contributed by atoms with van der Waals surface area (Å²) < 4.78 is 1.81. The van der Waals surface area contributed by atoms with Crippen LogP contribution in [-0.4, -0.2) is 44.6 Å². The average molecular weight is 282 g/mol. The van der Waals surface area contributed by atoms with Crippen molar-refractivity contribution in [1.82, 2.24) is 19.8 Å². The number of hydrogen-bond acceptors (Lipinski definition) is 3. The molecule has 0 saturated carbocycles. The van der Waals surface area contributed by atoms with Crippen LogP contribution in [0.3, 0.4) is 0 Å². The Morgan fingerprint density at radius 1 is 1.55 bits per heavy atom. The van der Waals surface area contributed by atoms with Crippen molar-refractivity contribution in [3.8, 4) is 0 Å². The van der Waals surface area contributed by atoms with E-state index < -0.39 is 18.0 Å². The number of amides is 2. The zero-order valence-electron chi connectivity index (χ0n) is 12.3. The summed E-state index contributed by atoms with van der Waals surface area (Å²) in [5.74, 6) is -0.408. The van der Waals surface area contributed by atoms with Gasteiger partial charge >= 0.3 is 12.0 Å². The van der Waals surface area contributed by atoms with Gasteiger partial charge in [-0.25, -0.2) is 14.6 Å². The van der Waals surface area contributed by atoms with Crippen molar-refractivity contribution in [2.24, 2.45) is 13.0 Å². The number of nitrogens with zero attached hydrogens (tertiary/aromatic N) is 3. The van der Waals surface area contributed by atoms with Crippen LogP contribution in [-0.2, 0) is 18.4 Å². The van der Waals surface area contributed by atoms with E-state index in [1.165, 1.54) is 4.90 Å². The van der Waals surface area contributed by atoms with Gasteiger partial charge in [-0.3, -0.25) is 0 Å². The highest BCUT2D eigenvalue weighted by Crippen LogP contribution is 2.09. The van der Waals surface area contributed by atoms with Crippen LogP contribution in [0.4, 0.5) is 4.79 Å². The SMILES string of the molecule is CCC(C)C(NC(=O)N(C)Cc1nccn1C)C(=O)O. The van der Waals surface area contributed by atoms with E-state index in [-0.39, 0.29) is 5.92 Å². The zero-order valence-corrected chi connectivity index (χ0v) is 12.3. The van der Waals surface area contributed by atoms with E-state index in [1.54, 1.807) is 26.4 Å². The van der Waals surface area contributed by atoms with E-state index in [0.29, 0.717) is 13.0 Å². The second-order valence-corrected chi connectivity index (χ2v) is 4.96. The Morgan fingerprint density at radius 3 is 2.65 bits per heavy atom. The van der Waals surface area contributed by atoms with Crippen LogP contribution in [0.25, 0.3) is 0 Å². The van der Waals surface area contributed by atoms with Gasteiger partial charge < -0.3 is 19.9 Å². The molecule has 2 unspecified atom stereocenters. The summed E-state index contributed by atoms with van der Waals surface area (Å²) in [4.78, 5) is 28.8. The molecule has 0 bridgehead atoms. The number of aryl methyl sites for hydroxylation is 1. The Balaban J connectivity index is 2.64. The van der Waals surface area contributed by atoms with E-state index in [1.807, 2.05) is 18.5 Å². The number of nitrogens with one attached hydrogen (secondary N) is 1. The molecule has 0 radical (unpaired) electrons. The Hall–Kier alpha value is -2.05. The Labute approximate surface area is 118 Å². The second-order valence-electron chi connectivity index (χ2n) is 4.96. The van der Waals surface area contributed by atoms with Gasteiger partial charge in [0.2, 0.25) is 0 Å². The fraction of sp³-hybridized carbons (Fsp3) is 0.615. The first kappa shape index (κ1) is 16.0. The third kappa shape index (κ3) is 3.97. The van der Waals surface area contributed by atoms with Crippen LogP contribution in [0.1, 0.15) is 26.1 Å². The molecule has 0 aliphatic rings. The molecule has 2 amide bonds. The largest absolute Gasteiger partial charge is 0.480 e. The van der Waals surface area contributed by atoms with Gasteiger partial charge in [-0.15, -0.1) is 0 Å². The first-order valence-corrected chi connectivity index (χ1v) is 6.57. The molecule has 1 rings (SSSR count). The molecule has 0 aliphatic heterocycles. The van der Waals surface area contributed by atoms with E-state index >= 15 is 0 Å². The standard InChI is InChI=1S/C13H22N4O3/c1-5-9(2)11(12(18)19)15-13(20)17(4)8-10-14-6-7-16(10)3/h6-7,9,11H,5,8H2,1-4H3,(H,15,20)(H,18,19). The summed E-state index contributed by atoms with van der Waals surface area (Å²) in [7, 11) is 3.45. The van der Waals surface area contributed by atoms with Crippen LogP contribution in [0, 0.1) is 5.92 Å². The van der Waals surface area contributed by atoms with Crippen molar-refractivity contribution < 1.29 is 14.7 Å². The maximum absolute atomic E-state index is 12.0. The molecule has 0 aliphatic carbocycles. The van der Waals surface area contributed by atoms with E-state index in [0.717, 1.165) is 5.82 Å². The number of aliphatic carboxylic acids is 1. The third-order valence-corrected chi connectivity index (χ3v) is 3.40. The summed E-state index contributed by atoms with van der Waals surface area (Å²) in [6.07, 6.45) is 4.13. The first-order chi connectivity index (χ1) is 9.36. The minimum Gasteiger partial charge on any atom is -0.480 e. The summed E-state index contributed by atoms with van der Waals surface area (Å²) >= 11 is 0. The molecule has 0 saturated heterocycles. The molecule has 112 valence electrons. The molecule has 1 aromatic heterocycles. The highest BCUT2D eigenvalue weighted by Gasteiger charge is 2.26. The van der Waals surface area contributed by atoms with Crippen LogP contribution < -0.4 is 5.32 Å².